The Bertz CT molecular complexity index is 292. The lowest BCUT2D eigenvalue weighted by molar-refractivity contribution is -0.947. The van der Waals surface area contributed by atoms with Crippen molar-refractivity contribution >= 4 is 5.97 Å². The number of nitrogens with zero attached hydrogens (tertiary/aromatic N) is 1. The van der Waals surface area contributed by atoms with Crippen LogP contribution in [0, 0.1) is 5.92 Å². The summed E-state index contributed by atoms with van der Waals surface area (Å²) >= 11 is 0. The zero-order valence-corrected chi connectivity index (χ0v) is 11.6. The predicted octanol–water partition coefficient (Wildman–Crippen LogP) is 1.29. The Morgan fingerprint density at radius 1 is 1.28 bits per heavy atom. The highest BCUT2D eigenvalue weighted by Gasteiger charge is 2.43. The largest absolute Gasteiger partial charge is 0.465 e. The molecule has 2 heterocycles. The van der Waals surface area contributed by atoms with Gasteiger partial charge in [0.25, 0.3) is 0 Å². The third-order valence-electron chi connectivity index (χ3n) is 4.81. The van der Waals surface area contributed by atoms with Crippen molar-refractivity contribution in [3.63, 3.8) is 0 Å². The van der Waals surface area contributed by atoms with Crippen molar-refractivity contribution in [1.82, 2.24) is 0 Å². The van der Waals surface area contributed by atoms with Crippen LogP contribution >= 0.6 is 0 Å². The molecule has 18 heavy (non-hydrogen) atoms. The first-order valence-electron chi connectivity index (χ1n) is 7.35. The van der Waals surface area contributed by atoms with E-state index in [9.17, 15) is 4.79 Å². The van der Waals surface area contributed by atoms with Gasteiger partial charge in [0.05, 0.1) is 39.2 Å². The van der Waals surface area contributed by atoms with Crippen molar-refractivity contribution < 1.29 is 14.0 Å². The Hall–Kier alpha value is -0.610. The molecule has 4 heteroatoms. The smallest absolute Gasteiger partial charge is 0.307 e. The summed E-state index contributed by atoms with van der Waals surface area (Å²) < 4.78 is 6.59. The molecule has 2 aliphatic heterocycles. The minimum Gasteiger partial charge on any atom is -0.465 e. The number of carbonyl (C=O) groups excluding carboxylic acids is 1. The second kappa shape index (κ2) is 6.02. The molecule has 2 aliphatic rings. The molecular weight excluding hydrogens is 228 g/mol. The first kappa shape index (κ1) is 13.8. The second-order valence-corrected chi connectivity index (χ2v) is 6.11. The summed E-state index contributed by atoms with van der Waals surface area (Å²) in [6.07, 6.45) is 6.83. The number of ether oxygens (including phenoxy) is 1. The van der Waals surface area contributed by atoms with E-state index in [2.05, 4.69) is 7.05 Å². The number of quaternary nitrogens is 1. The fourth-order valence-corrected chi connectivity index (χ4v) is 3.82. The van der Waals surface area contributed by atoms with E-state index in [1.54, 1.807) is 0 Å². The number of hydrogen-bond acceptors (Lipinski definition) is 3. The van der Waals surface area contributed by atoms with E-state index in [1.807, 2.05) is 0 Å². The van der Waals surface area contributed by atoms with Gasteiger partial charge in [-0.15, -0.1) is 0 Å². The third-order valence-corrected chi connectivity index (χ3v) is 4.81. The minimum absolute atomic E-state index is 0.131. The van der Waals surface area contributed by atoms with Gasteiger partial charge in [-0.2, -0.15) is 0 Å². The van der Waals surface area contributed by atoms with Gasteiger partial charge in [-0.25, -0.2) is 0 Å². The van der Waals surface area contributed by atoms with Crippen LogP contribution in [-0.2, 0) is 9.53 Å². The van der Waals surface area contributed by atoms with Crippen LogP contribution in [0.25, 0.3) is 0 Å². The van der Waals surface area contributed by atoms with Gasteiger partial charge in [-0.1, -0.05) is 0 Å². The summed E-state index contributed by atoms with van der Waals surface area (Å²) in [6.45, 7) is 3.61. The highest BCUT2D eigenvalue weighted by molar-refractivity contribution is 5.69. The minimum atomic E-state index is -0.131. The first-order valence-corrected chi connectivity index (χ1v) is 7.35. The van der Waals surface area contributed by atoms with Crippen molar-refractivity contribution in [1.29, 1.82) is 0 Å². The highest BCUT2D eigenvalue weighted by Crippen LogP contribution is 2.36. The van der Waals surface area contributed by atoms with Gasteiger partial charge in [-0.05, 0) is 25.7 Å². The van der Waals surface area contributed by atoms with Crippen LogP contribution in [0.15, 0.2) is 0 Å². The van der Waals surface area contributed by atoms with Crippen molar-refractivity contribution in [2.75, 3.05) is 33.3 Å². The predicted molar refractivity (Wildman–Crippen MR) is 70.9 cm³/mol. The molecule has 0 aromatic rings. The van der Waals surface area contributed by atoms with E-state index >= 15 is 0 Å². The van der Waals surface area contributed by atoms with E-state index < -0.39 is 0 Å². The van der Waals surface area contributed by atoms with Crippen molar-refractivity contribution in [2.45, 2.75) is 44.6 Å². The summed E-state index contributed by atoms with van der Waals surface area (Å²) in [4.78, 5) is 11.4. The van der Waals surface area contributed by atoms with Gasteiger partial charge in [0.2, 0.25) is 0 Å². The number of rotatable bonds is 4. The molecule has 104 valence electrons. The van der Waals surface area contributed by atoms with Crippen molar-refractivity contribution in [2.24, 2.45) is 11.7 Å². The zero-order valence-electron chi connectivity index (χ0n) is 11.6. The van der Waals surface area contributed by atoms with E-state index in [1.165, 1.54) is 49.7 Å². The molecule has 2 saturated heterocycles. The van der Waals surface area contributed by atoms with Gasteiger partial charge in [0, 0.05) is 18.9 Å². The number of esters is 1. The average molecular weight is 255 g/mol. The number of carbonyl (C=O) groups is 1. The van der Waals surface area contributed by atoms with Gasteiger partial charge in [0.1, 0.15) is 0 Å². The van der Waals surface area contributed by atoms with Crippen LogP contribution in [0.4, 0.5) is 0 Å². The Labute approximate surface area is 110 Å². The Morgan fingerprint density at radius 3 is 2.83 bits per heavy atom. The van der Waals surface area contributed by atoms with E-state index in [-0.39, 0.29) is 5.97 Å². The van der Waals surface area contributed by atoms with Crippen LogP contribution in [0.5, 0.6) is 0 Å². The van der Waals surface area contributed by atoms with Gasteiger partial charge in [-0.3, -0.25) is 4.79 Å². The summed E-state index contributed by atoms with van der Waals surface area (Å²) in [7, 11) is 2.39. The number of hydrogen-bond donors (Lipinski definition) is 1. The summed E-state index contributed by atoms with van der Waals surface area (Å²) in [6, 6.07) is 0.707. The van der Waals surface area contributed by atoms with Crippen LogP contribution < -0.4 is 5.73 Å². The maximum atomic E-state index is 11.4. The van der Waals surface area contributed by atoms with Crippen LogP contribution in [0.2, 0.25) is 0 Å². The van der Waals surface area contributed by atoms with Gasteiger partial charge >= 0.3 is 5.97 Å². The Morgan fingerprint density at radius 2 is 2.06 bits per heavy atom. The van der Waals surface area contributed by atoms with Gasteiger partial charge in [0.15, 0.2) is 0 Å². The second-order valence-electron chi connectivity index (χ2n) is 6.11. The normalized spacial score (nSPS) is 35.9. The quantitative estimate of drug-likeness (QED) is 0.608. The molecule has 0 radical (unpaired) electrons. The average Bonchev–Trinajstić information content (AvgIpc) is 2.35. The molecule has 0 bridgehead atoms. The lowest BCUT2D eigenvalue weighted by Crippen LogP contribution is -2.61. The van der Waals surface area contributed by atoms with E-state index in [4.69, 9.17) is 10.5 Å². The SMILES string of the molecule is C[N@+]12CCCC[C@H]1[C@@H](COC(=O)CCN)CCC2. The molecular formula is C14H27N2O2+. The topological polar surface area (TPSA) is 52.3 Å². The molecule has 4 nitrogen and oxygen atoms in total. The van der Waals surface area contributed by atoms with Crippen LogP contribution in [0.1, 0.15) is 38.5 Å². The number of nitrogens with two attached hydrogens (primary N) is 1. The maximum Gasteiger partial charge on any atom is 0.307 e. The molecule has 2 rings (SSSR count). The lowest BCUT2D eigenvalue weighted by Gasteiger charge is -2.51. The molecule has 0 aromatic heterocycles. The summed E-state index contributed by atoms with van der Waals surface area (Å²) in [5.74, 6) is 0.430. The Kier molecular flexibility index (Phi) is 4.62. The first-order chi connectivity index (χ1) is 8.65. The Balaban J connectivity index is 1.89. The number of piperidine rings is 2. The van der Waals surface area contributed by atoms with E-state index in [0.717, 1.165) is 0 Å². The van der Waals surface area contributed by atoms with Crippen molar-refractivity contribution in [3.05, 3.63) is 0 Å². The molecule has 0 saturated carbocycles. The summed E-state index contributed by atoms with van der Waals surface area (Å²) in [5.41, 5.74) is 5.36. The molecule has 0 unspecified atom stereocenters. The third kappa shape index (κ3) is 3.04. The molecule has 2 fully saturated rings. The monoisotopic (exact) mass is 255 g/mol. The van der Waals surface area contributed by atoms with Crippen molar-refractivity contribution in [3.8, 4) is 0 Å². The van der Waals surface area contributed by atoms with Gasteiger partial charge < -0.3 is 15.0 Å². The molecule has 2 N–H and O–H groups in total. The molecule has 0 aliphatic carbocycles. The maximum absolute atomic E-state index is 11.4. The lowest BCUT2D eigenvalue weighted by atomic mass is 9.82. The highest BCUT2D eigenvalue weighted by atomic mass is 16.5. The fourth-order valence-electron chi connectivity index (χ4n) is 3.82. The van der Waals surface area contributed by atoms with Crippen LogP contribution in [0.3, 0.4) is 0 Å². The van der Waals surface area contributed by atoms with Crippen LogP contribution in [-0.4, -0.2) is 49.8 Å². The molecule has 0 amide bonds. The molecule has 0 aromatic carbocycles. The van der Waals surface area contributed by atoms with E-state index in [0.29, 0.717) is 31.5 Å². The molecule has 0 spiro atoms. The fraction of sp³-hybridized carbons (Fsp3) is 0.929. The standard InChI is InChI=1S/C14H27N2O2/c1-16-9-3-2-6-13(16)12(5-4-10-16)11-18-14(17)7-8-15/h12-13H,2-11,15H2,1H3/q+1/t12-,13+,16-/m1/s1. The zero-order chi connectivity index (χ0) is 13.0. The summed E-state index contributed by atoms with van der Waals surface area (Å²) in [5, 5.41) is 0. The number of fused-ring (bicyclic) bond motifs is 1. The molecule has 3 atom stereocenters.